The molecule has 0 aromatic carbocycles. The Kier molecular flexibility index (Phi) is 4.49. The summed E-state index contributed by atoms with van der Waals surface area (Å²) in [5.74, 6) is 0. The van der Waals surface area contributed by atoms with E-state index in [9.17, 15) is 0 Å². The van der Waals surface area contributed by atoms with Crippen LogP contribution < -0.4 is 0 Å². The average molecular weight is 251 g/mol. The Morgan fingerprint density at radius 1 is 1.47 bits per heavy atom. The van der Waals surface area contributed by atoms with E-state index in [1.165, 1.54) is 0 Å². The zero-order valence-corrected chi connectivity index (χ0v) is 10.9. The number of hydrogen-bond acceptors (Lipinski definition) is 5. The van der Waals surface area contributed by atoms with Crippen LogP contribution in [0.2, 0.25) is 0 Å². The molecule has 1 fully saturated rings. The number of ether oxygens (including phenoxy) is 1. The summed E-state index contributed by atoms with van der Waals surface area (Å²) < 4.78 is 5.31. The van der Waals surface area contributed by atoms with E-state index in [0.29, 0.717) is 0 Å². The third-order valence-corrected chi connectivity index (χ3v) is 3.99. The zero-order valence-electron chi connectivity index (χ0n) is 10.1. The number of nitriles is 1. The molecule has 0 N–H and O–H groups in total. The molecule has 1 aliphatic rings. The van der Waals surface area contributed by atoms with Gasteiger partial charge in [0.2, 0.25) is 0 Å². The van der Waals surface area contributed by atoms with E-state index >= 15 is 0 Å². The fraction of sp³-hybridized carbons (Fsp3) is 0.667. The molecule has 0 amide bonds. The van der Waals surface area contributed by atoms with Crippen molar-refractivity contribution in [2.45, 2.75) is 19.8 Å². The minimum absolute atomic E-state index is 0.782. The molecule has 0 radical (unpaired) electrons. The number of nitrogens with zero attached hydrogens (tertiary/aromatic N) is 3. The lowest BCUT2D eigenvalue weighted by Crippen LogP contribution is -2.37. The first-order valence-electron chi connectivity index (χ1n) is 6.02. The van der Waals surface area contributed by atoms with E-state index < -0.39 is 0 Å². The topological polar surface area (TPSA) is 49.2 Å². The molecule has 1 saturated heterocycles. The Morgan fingerprint density at radius 2 is 2.24 bits per heavy atom. The number of rotatable bonds is 4. The SMILES string of the molecule is CCc1nc(CCN2CCOCC2)sc1C#N. The van der Waals surface area contributed by atoms with Gasteiger partial charge in [-0.3, -0.25) is 4.90 Å². The highest BCUT2D eigenvalue weighted by Crippen LogP contribution is 2.18. The smallest absolute Gasteiger partial charge is 0.128 e. The van der Waals surface area contributed by atoms with Crippen molar-refractivity contribution in [2.24, 2.45) is 0 Å². The third kappa shape index (κ3) is 3.25. The fourth-order valence-electron chi connectivity index (χ4n) is 1.91. The van der Waals surface area contributed by atoms with Gasteiger partial charge in [0.05, 0.1) is 23.9 Å². The Balaban J connectivity index is 1.90. The van der Waals surface area contributed by atoms with E-state index in [1.807, 2.05) is 6.92 Å². The Morgan fingerprint density at radius 3 is 2.82 bits per heavy atom. The maximum Gasteiger partial charge on any atom is 0.128 e. The molecule has 1 aromatic heterocycles. The van der Waals surface area contributed by atoms with E-state index in [4.69, 9.17) is 10.00 Å². The van der Waals surface area contributed by atoms with Crippen LogP contribution in [-0.2, 0) is 17.6 Å². The highest BCUT2D eigenvalue weighted by molar-refractivity contribution is 7.12. The van der Waals surface area contributed by atoms with Gasteiger partial charge in [0.1, 0.15) is 10.9 Å². The first-order chi connectivity index (χ1) is 8.33. The standard InChI is InChI=1S/C12H17N3OS/c1-2-10-11(9-13)17-12(14-10)3-4-15-5-7-16-8-6-15/h2-8H2,1H3. The molecule has 0 spiro atoms. The summed E-state index contributed by atoms with van der Waals surface area (Å²) in [5, 5.41) is 10.1. The van der Waals surface area contributed by atoms with Crippen LogP contribution in [0, 0.1) is 11.3 Å². The molecule has 0 aliphatic carbocycles. The van der Waals surface area contributed by atoms with Crippen molar-refractivity contribution in [1.29, 1.82) is 5.26 Å². The van der Waals surface area contributed by atoms with Gasteiger partial charge in [-0.05, 0) is 6.42 Å². The zero-order chi connectivity index (χ0) is 12.1. The van der Waals surface area contributed by atoms with Gasteiger partial charge in [0, 0.05) is 26.1 Å². The normalized spacial score (nSPS) is 16.9. The monoisotopic (exact) mass is 251 g/mol. The molecule has 5 heteroatoms. The quantitative estimate of drug-likeness (QED) is 0.812. The first-order valence-corrected chi connectivity index (χ1v) is 6.84. The van der Waals surface area contributed by atoms with Crippen LogP contribution in [0.15, 0.2) is 0 Å². The van der Waals surface area contributed by atoms with Crippen LogP contribution >= 0.6 is 11.3 Å². The van der Waals surface area contributed by atoms with Crippen molar-refractivity contribution in [3.63, 3.8) is 0 Å². The van der Waals surface area contributed by atoms with Crippen LogP contribution in [0.4, 0.5) is 0 Å². The highest BCUT2D eigenvalue weighted by atomic mass is 32.1. The minimum Gasteiger partial charge on any atom is -0.379 e. The number of hydrogen-bond donors (Lipinski definition) is 0. The Bertz CT molecular complexity index is 404. The first kappa shape index (κ1) is 12.5. The van der Waals surface area contributed by atoms with E-state index in [-0.39, 0.29) is 0 Å². The molecule has 0 unspecified atom stereocenters. The van der Waals surface area contributed by atoms with Gasteiger partial charge in [0.25, 0.3) is 0 Å². The van der Waals surface area contributed by atoms with Gasteiger partial charge in [-0.25, -0.2) is 4.98 Å². The van der Waals surface area contributed by atoms with E-state index in [1.54, 1.807) is 11.3 Å². The third-order valence-electron chi connectivity index (χ3n) is 2.92. The van der Waals surface area contributed by atoms with E-state index in [2.05, 4.69) is 16.0 Å². The van der Waals surface area contributed by atoms with Crippen LogP contribution in [0.1, 0.15) is 22.5 Å². The van der Waals surface area contributed by atoms with Crippen molar-refractivity contribution >= 4 is 11.3 Å². The number of aromatic nitrogens is 1. The summed E-state index contributed by atoms with van der Waals surface area (Å²) in [6, 6.07) is 2.23. The van der Waals surface area contributed by atoms with Crippen molar-refractivity contribution in [3.05, 3.63) is 15.6 Å². The van der Waals surface area contributed by atoms with Crippen molar-refractivity contribution in [3.8, 4) is 6.07 Å². The summed E-state index contributed by atoms with van der Waals surface area (Å²) >= 11 is 1.54. The van der Waals surface area contributed by atoms with Crippen LogP contribution in [0.3, 0.4) is 0 Å². The molecule has 2 heterocycles. The van der Waals surface area contributed by atoms with Gasteiger partial charge in [-0.15, -0.1) is 11.3 Å². The molecule has 0 saturated carbocycles. The predicted molar refractivity (Wildman–Crippen MR) is 67.2 cm³/mol. The molecule has 2 rings (SSSR count). The van der Waals surface area contributed by atoms with Crippen LogP contribution in [0.25, 0.3) is 0 Å². The molecule has 0 atom stereocenters. The Hall–Kier alpha value is -0.960. The lowest BCUT2D eigenvalue weighted by atomic mass is 10.3. The molecular weight excluding hydrogens is 234 g/mol. The molecule has 17 heavy (non-hydrogen) atoms. The molecule has 1 aliphatic heterocycles. The fourth-order valence-corrected chi connectivity index (χ4v) is 2.85. The average Bonchev–Trinajstić information content (AvgIpc) is 2.80. The number of thiazole rings is 1. The van der Waals surface area contributed by atoms with Crippen molar-refractivity contribution in [2.75, 3.05) is 32.8 Å². The van der Waals surface area contributed by atoms with Crippen LogP contribution in [0.5, 0.6) is 0 Å². The molecule has 4 nitrogen and oxygen atoms in total. The van der Waals surface area contributed by atoms with E-state index in [0.717, 1.165) is 61.3 Å². The molecular formula is C12H17N3OS. The second-order valence-corrected chi connectivity index (χ2v) is 5.14. The lowest BCUT2D eigenvalue weighted by Gasteiger charge is -2.25. The summed E-state index contributed by atoms with van der Waals surface area (Å²) in [7, 11) is 0. The number of aryl methyl sites for hydroxylation is 1. The summed E-state index contributed by atoms with van der Waals surface area (Å²) in [5.41, 5.74) is 0.953. The van der Waals surface area contributed by atoms with Crippen molar-refractivity contribution < 1.29 is 4.74 Å². The van der Waals surface area contributed by atoms with Gasteiger partial charge in [-0.1, -0.05) is 6.92 Å². The van der Waals surface area contributed by atoms with Gasteiger partial charge < -0.3 is 4.74 Å². The van der Waals surface area contributed by atoms with Crippen LogP contribution in [-0.4, -0.2) is 42.7 Å². The minimum atomic E-state index is 0.782. The molecule has 0 bridgehead atoms. The van der Waals surface area contributed by atoms with Gasteiger partial charge in [0.15, 0.2) is 0 Å². The summed E-state index contributed by atoms with van der Waals surface area (Å²) in [6.45, 7) is 6.75. The van der Waals surface area contributed by atoms with Gasteiger partial charge >= 0.3 is 0 Å². The Labute approximate surface area is 106 Å². The maximum absolute atomic E-state index is 8.97. The molecule has 92 valence electrons. The summed E-state index contributed by atoms with van der Waals surface area (Å²) in [4.78, 5) is 7.70. The van der Waals surface area contributed by atoms with Gasteiger partial charge in [-0.2, -0.15) is 5.26 Å². The van der Waals surface area contributed by atoms with Crippen molar-refractivity contribution in [1.82, 2.24) is 9.88 Å². The number of morpholine rings is 1. The largest absolute Gasteiger partial charge is 0.379 e. The maximum atomic E-state index is 8.97. The highest BCUT2D eigenvalue weighted by Gasteiger charge is 2.13. The second-order valence-electron chi connectivity index (χ2n) is 4.05. The second kappa shape index (κ2) is 6.10. The predicted octanol–water partition coefficient (Wildman–Crippen LogP) is 1.45. The molecule has 1 aromatic rings. The summed E-state index contributed by atoms with van der Waals surface area (Å²) in [6.07, 6.45) is 1.79. The lowest BCUT2D eigenvalue weighted by molar-refractivity contribution is 0.0384.